The number of benzene rings is 1. The maximum Gasteiger partial charge on any atom is 0.342 e. The van der Waals surface area contributed by atoms with Crippen molar-refractivity contribution in [2.75, 3.05) is 33.1 Å². The van der Waals surface area contributed by atoms with Gasteiger partial charge in [-0.25, -0.2) is 4.79 Å². The van der Waals surface area contributed by atoms with Crippen LogP contribution in [0.25, 0.3) is 0 Å². The van der Waals surface area contributed by atoms with Crippen LogP contribution in [0.2, 0.25) is 0 Å². The van der Waals surface area contributed by atoms with Crippen LogP contribution in [-0.4, -0.2) is 87.8 Å². The van der Waals surface area contributed by atoms with Gasteiger partial charge in [-0.1, -0.05) is 0 Å². The summed E-state index contributed by atoms with van der Waals surface area (Å²) in [5.41, 5.74) is -2.70. The SMILES string of the molecule is CN(C)c1ccc(O)c2c1C[C@H]1C[C@H]3[C@H](N(C)C)C(O)=C(C(=O)O)C(=O)[C@@]3(O)C(O)=C1C2=O. The van der Waals surface area contributed by atoms with Gasteiger partial charge in [-0.3, -0.25) is 14.5 Å². The van der Waals surface area contributed by atoms with E-state index in [4.69, 9.17) is 0 Å². The topological polar surface area (TPSA) is 159 Å². The number of rotatable bonds is 3. The van der Waals surface area contributed by atoms with Gasteiger partial charge in [-0.2, -0.15) is 0 Å². The number of hydrogen-bond acceptors (Lipinski definition) is 9. The maximum absolute atomic E-state index is 13.5. The van der Waals surface area contributed by atoms with E-state index in [0.717, 1.165) is 0 Å². The first-order chi connectivity index (χ1) is 15.3. The minimum absolute atomic E-state index is 0.0229. The summed E-state index contributed by atoms with van der Waals surface area (Å²) in [7, 11) is 6.68. The van der Waals surface area contributed by atoms with Crippen LogP contribution in [0.15, 0.2) is 34.8 Å². The summed E-state index contributed by atoms with van der Waals surface area (Å²) in [5, 5.41) is 53.3. The van der Waals surface area contributed by atoms with E-state index < -0.39 is 58.1 Å². The highest BCUT2D eigenvalue weighted by atomic mass is 16.4. The average Bonchev–Trinajstić information content (AvgIpc) is 2.70. The predicted octanol–water partition coefficient (Wildman–Crippen LogP) is 0.786. The fraction of sp³-hybridized carbons (Fsp3) is 0.435. The van der Waals surface area contributed by atoms with Crippen molar-refractivity contribution < 1.29 is 39.9 Å². The zero-order chi connectivity index (χ0) is 24.6. The van der Waals surface area contributed by atoms with E-state index in [0.29, 0.717) is 11.3 Å². The molecule has 0 radical (unpaired) electrons. The molecule has 0 bridgehead atoms. The normalized spacial score (nSPS) is 29.1. The average molecular weight is 458 g/mol. The quantitative estimate of drug-likeness (QED) is 0.410. The molecule has 0 aliphatic heterocycles. The van der Waals surface area contributed by atoms with Gasteiger partial charge < -0.3 is 30.4 Å². The number of carboxylic acid groups (broad SMARTS) is 1. The van der Waals surface area contributed by atoms with Crippen molar-refractivity contribution in [2.45, 2.75) is 24.5 Å². The lowest BCUT2D eigenvalue weighted by Gasteiger charge is -2.50. The Labute approximate surface area is 189 Å². The molecule has 4 atom stereocenters. The van der Waals surface area contributed by atoms with Crippen LogP contribution in [0.5, 0.6) is 5.75 Å². The van der Waals surface area contributed by atoms with E-state index in [-0.39, 0.29) is 29.7 Å². The van der Waals surface area contributed by atoms with Gasteiger partial charge >= 0.3 is 5.97 Å². The van der Waals surface area contributed by atoms with Gasteiger partial charge in [-0.15, -0.1) is 0 Å². The highest BCUT2D eigenvalue weighted by Gasteiger charge is 2.63. The Balaban J connectivity index is 1.98. The third kappa shape index (κ3) is 2.90. The molecule has 0 spiro atoms. The fourth-order valence-electron chi connectivity index (χ4n) is 5.62. The lowest BCUT2D eigenvalue weighted by Crippen LogP contribution is -2.63. The first kappa shape index (κ1) is 22.8. The molecule has 0 saturated heterocycles. The van der Waals surface area contributed by atoms with Crippen LogP contribution in [0.4, 0.5) is 5.69 Å². The molecule has 0 aromatic heterocycles. The number of allylic oxidation sites excluding steroid dienone is 1. The number of hydrogen-bond donors (Lipinski definition) is 5. The second-order valence-electron chi connectivity index (χ2n) is 9.26. The predicted molar refractivity (Wildman–Crippen MR) is 116 cm³/mol. The molecule has 33 heavy (non-hydrogen) atoms. The third-order valence-electron chi connectivity index (χ3n) is 7.03. The number of carbonyl (C=O) groups is 3. The van der Waals surface area contributed by atoms with Crippen molar-refractivity contribution >= 4 is 23.2 Å². The first-order valence-electron chi connectivity index (χ1n) is 10.4. The van der Waals surface area contributed by atoms with Crippen molar-refractivity contribution in [3.05, 3.63) is 45.9 Å². The molecular formula is C23H26N2O8. The number of Topliss-reactive ketones (excluding diaryl/α,β-unsaturated/α-hetero) is 2. The number of phenols is 1. The zero-order valence-corrected chi connectivity index (χ0v) is 18.7. The summed E-state index contributed by atoms with van der Waals surface area (Å²) in [6.07, 6.45) is 0.259. The Bertz CT molecular complexity index is 1170. The van der Waals surface area contributed by atoms with Crippen molar-refractivity contribution in [2.24, 2.45) is 11.8 Å². The van der Waals surface area contributed by atoms with E-state index >= 15 is 0 Å². The molecule has 5 N–H and O–H groups in total. The molecule has 3 aliphatic rings. The van der Waals surface area contributed by atoms with Crippen LogP contribution in [0, 0.1) is 11.8 Å². The number of phenolic OH excluding ortho intramolecular Hbond substituents is 1. The van der Waals surface area contributed by atoms with Gasteiger partial charge in [0.15, 0.2) is 11.4 Å². The number of aliphatic hydroxyl groups excluding tert-OH is 2. The smallest absolute Gasteiger partial charge is 0.342 e. The van der Waals surface area contributed by atoms with Gasteiger partial charge in [0, 0.05) is 31.3 Å². The Morgan fingerprint density at radius 1 is 1.09 bits per heavy atom. The van der Waals surface area contributed by atoms with Crippen LogP contribution in [0.1, 0.15) is 22.3 Å². The third-order valence-corrected chi connectivity index (χ3v) is 7.03. The van der Waals surface area contributed by atoms with Crippen molar-refractivity contribution in [1.29, 1.82) is 0 Å². The van der Waals surface area contributed by atoms with E-state index in [2.05, 4.69) is 0 Å². The van der Waals surface area contributed by atoms with Crippen LogP contribution < -0.4 is 4.90 Å². The number of fused-ring (bicyclic) bond motifs is 3. The summed E-state index contributed by atoms with van der Waals surface area (Å²) >= 11 is 0. The molecule has 1 aromatic rings. The molecule has 0 saturated carbocycles. The van der Waals surface area contributed by atoms with E-state index in [9.17, 15) is 39.9 Å². The standard InChI is InChI=1S/C23H26N2O8/c1-24(2)12-5-6-13(26)15-10(12)7-9-8-11-17(25(3)4)19(28)16(22(31)32)21(30)23(11,33)20(29)14(9)18(15)27/h5-6,9,11,17,26,28-29,33H,7-8H2,1-4H3,(H,31,32)/t9-,11-,17-,23-/m0/s1. The monoisotopic (exact) mass is 458 g/mol. The number of carbonyl (C=O) groups excluding carboxylic acids is 2. The number of nitrogens with zero attached hydrogens (tertiary/aromatic N) is 2. The lowest BCUT2D eigenvalue weighted by molar-refractivity contribution is -0.151. The van der Waals surface area contributed by atoms with Crippen LogP contribution >= 0.6 is 0 Å². The van der Waals surface area contributed by atoms with Gasteiger partial charge in [-0.05, 0) is 50.6 Å². The van der Waals surface area contributed by atoms with E-state index in [1.165, 1.54) is 11.0 Å². The van der Waals surface area contributed by atoms with Crippen molar-refractivity contribution in [3.63, 3.8) is 0 Å². The molecular weight excluding hydrogens is 432 g/mol. The minimum atomic E-state index is -2.71. The van der Waals surface area contributed by atoms with Crippen molar-refractivity contribution in [1.82, 2.24) is 4.90 Å². The van der Waals surface area contributed by atoms with E-state index in [1.54, 1.807) is 39.2 Å². The maximum atomic E-state index is 13.5. The molecule has 0 fully saturated rings. The largest absolute Gasteiger partial charge is 0.510 e. The summed E-state index contributed by atoms with van der Waals surface area (Å²) in [6.45, 7) is 0. The van der Waals surface area contributed by atoms with Gasteiger partial charge in [0.05, 0.1) is 11.6 Å². The summed E-state index contributed by atoms with van der Waals surface area (Å²) in [4.78, 5) is 41.6. The number of anilines is 1. The highest BCUT2D eigenvalue weighted by molar-refractivity contribution is 6.23. The van der Waals surface area contributed by atoms with Gasteiger partial charge in [0.2, 0.25) is 5.78 Å². The molecule has 0 unspecified atom stereocenters. The van der Waals surface area contributed by atoms with Gasteiger partial charge in [0.25, 0.3) is 0 Å². The molecule has 3 aliphatic carbocycles. The summed E-state index contributed by atoms with van der Waals surface area (Å²) < 4.78 is 0. The minimum Gasteiger partial charge on any atom is -0.510 e. The summed E-state index contributed by atoms with van der Waals surface area (Å²) in [6, 6.07) is 1.95. The highest BCUT2D eigenvalue weighted by Crippen LogP contribution is 2.53. The molecule has 176 valence electrons. The van der Waals surface area contributed by atoms with E-state index in [1.807, 2.05) is 0 Å². The Hall–Kier alpha value is -3.37. The fourth-order valence-corrected chi connectivity index (χ4v) is 5.62. The second-order valence-corrected chi connectivity index (χ2v) is 9.26. The number of aromatic hydroxyl groups is 1. The lowest BCUT2D eigenvalue weighted by atomic mass is 9.58. The number of carboxylic acids is 1. The number of ketones is 2. The number of likely N-dealkylation sites (N-methyl/N-ethyl adjacent to an activating group) is 1. The number of aliphatic carboxylic acids is 1. The number of aliphatic hydroxyl groups is 3. The molecule has 0 heterocycles. The second kappa shape index (κ2) is 7.32. The molecule has 10 heteroatoms. The molecule has 10 nitrogen and oxygen atoms in total. The Morgan fingerprint density at radius 2 is 1.73 bits per heavy atom. The first-order valence-corrected chi connectivity index (χ1v) is 10.4. The van der Waals surface area contributed by atoms with Crippen LogP contribution in [-0.2, 0) is 16.0 Å². The molecule has 1 aromatic carbocycles. The summed E-state index contributed by atoms with van der Waals surface area (Å²) in [5.74, 6) is -7.48. The molecule has 4 rings (SSSR count). The Kier molecular flexibility index (Phi) is 5.06. The molecule has 0 amide bonds. The Morgan fingerprint density at radius 3 is 2.27 bits per heavy atom. The van der Waals surface area contributed by atoms with Gasteiger partial charge in [0.1, 0.15) is 22.8 Å². The van der Waals surface area contributed by atoms with Crippen LogP contribution in [0.3, 0.4) is 0 Å². The zero-order valence-electron chi connectivity index (χ0n) is 18.7. The van der Waals surface area contributed by atoms with Crippen molar-refractivity contribution in [3.8, 4) is 5.75 Å².